The number of esters is 4. The van der Waals surface area contributed by atoms with Gasteiger partial charge in [-0.15, -0.1) is 0 Å². The summed E-state index contributed by atoms with van der Waals surface area (Å²) in [6.07, 6.45) is 54.3. The standard InChI is InChI=1S/C79H154O17P2/c1-69(2)55-47-39-31-24-20-16-12-9-10-14-18-22-26-36-45-53-62-79(84)96-75(66-90-77(82)60-52-44-38-30-34-42-50-58-72(7)8)68-94-98(87,88)92-64-73(80)63-91-97(85,86)93-67-74(65-89-76(81)59-51-43-35-29-28-33-41-49-57-71(5)6)95-78(83)61-54-46-37-27-23-19-15-11-13-17-21-25-32-40-48-56-70(3)4/h69-75,80H,9-68H2,1-8H3,(H,85,86)(H,87,88)/t73?,74-,75-/m1/s1. The highest BCUT2D eigenvalue weighted by molar-refractivity contribution is 7.47. The summed E-state index contributed by atoms with van der Waals surface area (Å²) < 4.78 is 68.6. The van der Waals surface area contributed by atoms with Gasteiger partial charge in [0.05, 0.1) is 26.4 Å². The van der Waals surface area contributed by atoms with Crippen LogP contribution in [0.5, 0.6) is 0 Å². The quantitative estimate of drug-likeness (QED) is 0.0222. The monoisotopic (exact) mass is 1440 g/mol. The van der Waals surface area contributed by atoms with Crippen molar-refractivity contribution in [3.05, 3.63) is 0 Å². The van der Waals surface area contributed by atoms with Gasteiger partial charge in [-0.25, -0.2) is 9.13 Å². The van der Waals surface area contributed by atoms with Gasteiger partial charge in [-0.1, -0.05) is 351 Å². The lowest BCUT2D eigenvalue weighted by Crippen LogP contribution is -2.30. The van der Waals surface area contributed by atoms with Gasteiger partial charge in [-0.05, 0) is 49.4 Å². The summed E-state index contributed by atoms with van der Waals surface area (Å²) in [5, 5.41) is 10.6. The van der Waals surface area contributed by atoms with Gasteiger partial charge >= 0.3 is 39.5 Å². The summed E-state index contributed by atoms with van der Waals surface area (Å²) >= 11 is 0. The number of hydrogen-bond donors (Lipinski definition) is 3. The summed E-state index contributed by atoms with van der Waals surface area (Å²) in [4.78, 5) is 72.9. The predicted octanol–water partition coefficient (Wildman–Crippen LogP) is 23.2. The summed E-state index contributed by atoms with van der Waals surface area (Å²) in [7, 11) is -9.92. The predicted molar refractivity (Wildman–Crippen MR) is 400 cm³/mol. The zero-order chi connectivity index (χ0) is 72.4. The number of ether oxygens (including phenoxy) is 4. The molecule has 98 heavy (non-hydrogen) atoms. The van der Waals surface area contributed by atoms with E-state index in [4.69, 9.17) is 37.0 Å². The Balaban J connectivity index is 5.20. The van der Waals surface area contributed by atoms with E-state index in [1.807, 2.05) is 0 Å². The Kier molecular flexibility index (Phi) is 66.8. The lowest BCUT2D eigenvalue weighted by Gasteiger charge is -2.21. The molecule has 0 bridgehead atoms. The molecule has 0 aliphatic rings. The average Bonchev–Trinajstić information content (AvgIpc) is 1.30. The van der Waals surface area contributed by atoms with Gasteiger partial charge < -0.3 is 33.8 Å². The molecule has 5 atom stereocenters. The van der Waals surface area contributed by atoms with Crippen molar-refractivity contribution in [3.63, 3.8) is 0 Å². The van der Waals surface area contributed by atoms with Gasteiger partial charge in [0, 0.05) is 25.7 Å². The number of hydrogen-bond acceptors (Lipinski definition) is 15. The third kappa shape index (κ3) is 72.4. The summed E-state index contributed by atoms with van der Waals surface area (Å²) in [6.45, 7) is 14.2. The molecule has 0 amide bonds. The number of aliphatic hydroxyl groups excluding tert-OH is 1. The van der Waals surface area contributed by atoms with Gasteiger partial charge in [-0.3, -0.25) is 37.3 Å². The molecule has 19 heteroatoms. The highest BCUT2D eigenvalue weighted by atomic mass is 31.2. The van der Waals surface area contributed by atoms with Crippen LogP contribution >= 0.6 is 15.6 Å². The molecule has 0 radical (unpaired) electrons. The van der Waals surface area contributed by atoms with Crippen LogP contribution < -0.4 is 0 Å². The molecule has 0 aromatic heterocycles. The molecule has 0 fully saturated rings. The Morgan fingerprint density at radius 2 is 0.429 bits per heavy atom. The molecule has 17 nitrogen and oxygen atoms in total. The molecule has 0 aliphatic carbocycles. The summed E-state index contributed by atoms with van der Waals surface area (Å²) in [5.74, 6) is 0.925. The normalized spacial score (nSPS) is 14.1. The molecular weight excluding hydrogens is 1280 g/mol. The first-order chi connectivity index (χ1) is 47.1. The van der Waals surface area contributed by atoms with Crippen molar-refractivity contribution in [2.24, 2.45) is 23.7 Å². The highest BCUT2D eigenvalue weighted by Crippen LogP contribution is 2.45. The first-order valence-corrected chi connectivity index (χ1v) is 43.7. The smallest absolute Gasteiger partial charge is 0.462 e. The maximum atomic E-state index is 13.1. The zero-order valence-electron chi connectivity index (χ0n) is 64.4. The Labute approximate surface area is 600 Å². The molecule has 0 saturated heterocycles. The van der Waals surface area contributed by atoms with Crippen LogP contribution in [-0.4, -0.2) is 96.7 Å². The molecule has 0 saturated carbocycles. The molecule has 0 heterocycles. The van der Waals surface area contributed by atoms with Crippen molar-refractivity contribution in [1.29, 1.82) is 0 Å². The number of carbonyl (C=O) groups is 4. The van der Waals surface area contributed by atoms with E-state index in [-0.39, 0.29) is 25.7 Å². The van der Waals surface area contributed by atoms with Crippen LogP contribution in [0.4, 0.5) is 0 Å². The van der Waals surface area contributed by atoms with E-state index >= 15 is 0 Å². The Bertz CT molecular complexity index is 1920. The third-order valence-electron chi connectivity index (χ3n) is 18.3. The maximum Gasteiger partial charge on any atom is 0.472 e. The lowest BCUT2D eigenvalue weighted by molar-refractivity contribution is -0.161. The van der Waals surface area contributed by atoms with Gasteiger partial charge in [-0.2, -0.15) is 0 Å². The molecule has 582 valence electrons. The second-order valence-electron chi connectivity index (χ2n) is 30.4. The second kappa shape index (κ2) is 68.2. The molecule has 0 spiro atoms. The fraction of sp³-hybridized carbons (Fsp3) is 0.949. The van der Waals surface area contributed by atoms with Gasteiger partial charge in [0.2, 0.25) is 0 Å². The number of phosphoric ester groups is 2. The highest BCUT2D eigenvalue weighted by Gasteiger charge is 2.30. The van der Waals surface area contributed by atoms with E-state index < -0.39 is 97.5 Å². The van der Waals surface area contributed by atoms with Gasteiger partial charge in [0.25, 0.3) is 0 Å². The second-order valence-corrected chi connectivity index (χ2v) is 33.3. The van der Waals surface area contributed by atoms with E-state index in [9.17, 15) is 43.2 Å². The van der Waals surface area contributed by atoms with Crippen LogP contribution in [0, 0.1) is 23.7 Å². The Morgan fingerprint density at radius 1 is 0.255 bits per heavy atom. The topological polar surface area (TPSA) is 237 Å². The van der Waals surface area contributed by atoms with Crippen LogP contribution in [0.3, 0.4) is 0 Å². The van der Waals surface area contributed by atoms with Crippen LogP contribution in [0.25, 0.3) is 0 Å². The molecular formula is C79H154O17P2. The largest absolute Gasteiger partial charge is 0.472 e. The van der Waals surface area contributed by atoms with E-state index in [1.54, 1.807) is 0 Å². The van der Waals surface area contributed by atoms with Crippen molar-refractivity contribution in [3.8, 4) is 0 Å². The third-order valence-corrected chi connectivity index (χ3v) is 20.2. The minimum atomic E-state index is -4.96. The lowest BCUT2D eigenvalue weighted by atomic mass is 10.0. The van der Waals surface area contributed by atoms with E-state index in [0.29, 0.717) is 31.6 Å². The number of carbonyl (C=O) groups excluding carboxylic acids is 4. The van der Waals surface area contributed by atoms with Gasteiger partial charge in [0.15, 0.2) is 12.2 Å². The van der Waals surface area contributed by atoms with Crippen LogP contribution in [0.2, 0.25) is 0 Å². The van der Waals surface area contributed by atoms with Crippen LogP contribution in [0.15, 0.2) is 0 Å². The fourth-order valence-electron chi connectivity index (χ4n) is 12.1. The SMILES string of the molecule is CC(C)CCCCCCCCCCCCCCCCCCC(=O)O[C@H](COC(=O)CCCCCCCCCC(C)C)COP(=O)(O)OCC(O)COP(=O)(O)OC[C@@H](COC(=O)CCCCCCCCCCC(C)C)OC(=O)CCCCCCCCCCCCCCCCCC(C)C. The number of aliphatic hydroxyl groups is 1. The van der Waals surface area contributed by atoms with Crippen molar-refractivity contribution in [2.75, 3.05) is 39.6 Å². The number of rotatable bonds is 76. The maximum absolute atomic E-state index is 13.1. The molecule has 0 rings (SSSR count). The van der Waals surface area contributed by atoms with Crippen LogP contribution in [-0.2, 0) is 65.4 Å². The molecule has 3 N–H and O–H groups in total. The number of unbranched alkanes of at least 4 members (excludes halogenated alkanes) is 42. The molecule has 3 unspecified atom stereocenters. The zero-order valence-corrected chi connectivity index (χ0v) is 66.2. The Hall–Kier alpha value is -1.94. The first kappa shape index (κ1) is 96.1. The Morgan fingerprint density at radius 3 is 0.633 bits per heavy atom. The average molecular weight is 1440 g/mol. The first-order valence-electron chi connectivity index (χ1n) is 40.7. The van der Waals surface area contributed by atoms with Crippen molar-refractivity contribution >= 4 is 39.5 Å². The van der Waals surface area contributed by atoms with E-state index in [2.05, 4.69) is 55.4 Å². The molecule has 0 aliphatic heterocycles. The van der Waals surface area contributed by atoms with Gasteiger partial charge in [0.1, 0.15) is 19.3 Å². The van der Waals surface area contributed by atoms with Crippen molar-refractivity contribution in [1.82, 2.24) is 0 Å². The minimum absolute atomic E-state index is 0.107. The number of phosphoric acid groups is 2. The fourth-order valence-corrected chi connectivity index (χ4v) is 13.7. The molecule has 0 aromatic rings. The summed E-state index contributed by atoms with van der Waals surface area (Å²) in [5.41, 5.74) is 0. The van der Waals surface area contributed by atoms with E-state index in [1.165, 1.54) is 199 Å². The summed E-state index contributed by atoms with van der Waals surface area (Å²) in [6, 6.07) is 0. The van der Waals surface area contributed by atoms with Crippen molar-refractivity contribution in [2.45, 2.75) is 420 Å². The molecule has 0 aromatic carbocycles. The van der Waals surface area contributed by atoms with Crippen LogP contribution in [0.1, 0.15) is 402 Å². The minimum Gasteiger partial charge on any atom is -0.462 e. The van der Waals surface area contributed by atoms with E-state index in [0.717, 1.165) is 114 Å². The van der Waals surface area contributed by atoms with Crippen molar-refractivity contribution < 1.29 is 80.2 Å².